The number of rotatable bonds is 8. The fourth-order valence-electron chi connectivity index (χ4n) is 3.42. The molecule has 0 aromatic carbocycles. The van der Waals surface area contributed by atoms with Crippen LogP contribution in [0, 0.1) is 0 Å². The molecular weight excluding hydrogens is 779 g/mol. The molecule has 0 aromatic rings. The van der Waals surface area contributed by atoms with E-state index in [0.29, 0.717) is 48.6 Å². The van der Waals surface area contributed by atoms with Gasteiger partial charge in [0.1, 0.15) is 0 Å². The summed E-state index contributed by atoms with van der Waals surface area (Å²) in [5.41, 5.74) is 0. The molecule has 4 aliphatic rings. The zero-order valence-corrected chi connectivity index (χ0v) is 26.4. The SMILES string of the molecule is F[P](F)(F)([SH]1C=CC=C1)[Pd]([P](F)(F)(F)[SH]1C=CC=C1)([P](F)(F)(F)[SH]1C=CC=C1)[P](F)(F)(F)[SH]1C=CC=C1. The Kier molecular flexibility index (Phi) is 7.04. The molecule has 0 spiro atoms. The van der Waals surface area contributed by atoms with Gasteiger partial charge in [-0.15, -0.1) is 0 Å². The summed E-state index contributed by atoms with van der Waals surface area (Å²) in [5, 5.41) is 0.650. The molecule has 0 bridgehead atoms. The molecule has 4 aliphatic heterocycles. The van der Waals surface area contributed by atoms with Crippen LogP contribution < -0.4 is 0 Å². The first-order valence-electron chi connectivity index (χ1n) is 9.46. The van der Waals surface area contributed by atoms with Gasteiger partial charge >= 0.3 is 218 Å². The molecule has 4 heterocycles. The minimum absolute atomic E-state index is 0.0813. The summed E-state index contributed by atoms with van der Waals surface area (Å²) in [4.78, 5) is -40.9. The van der Waals surface area contributed by atoms with E-state index < -0.39 is 75.3 Å². The Hall–Kier alpha value is 0.862. The molecule has 21 heteroatoms. The molecule has 0 amide bonds. The summed E-state index contributed by atoms with van der Waals surface area (Å²) < 4.78 is 199. The third-order valence-corrected chi connectivity index (χ3v) is 134. The van der Waals surface area contributed by atoms with Crippen LogP contribution in [0.3, 0.4) is 0 Å². The Morgan fingerprint density at radius 1 is 0.297 bits per heavy atom. The molecule has 0 N–H and O–H groups in total. The predicted molar refractivity (Wildman–Crippen MR) is 150 cm³/mol. The van der Waals surface area contributed by atoms with E-state index in [2.05, 4.69) is 0 Å². The van der Waals surface area contributed by atoms with E-state index in [9.17, 15) is 0 Å². The second-order valence-corrected chi connectivity index (χ2v) is 70.7. The van der Waals surface area contributed by atoms with Crippen molar-refractivity contribution in [2.24, 2.45) is 0 Å². The average molecular weight is 799 g/mol. The van der Waals surface area contributed by atoms with Gasteiger partial charge in [0.05, 0.1) is 0 Å². The first-order valence-corrected chi connectivity index (χ1v) is 33.5. The van der Waals surface area contributed by atoms with E-state index in [1.165, 1.54) is 0 Å². The van der Waals surface area contributed by atoms with Crippen molar-refractivity contribution >= 4 is 61.8 Å². The molecule has 0 fully saturated rings. The van der Waals surface area contributed by atoms with Gasteiger partial charge in [-0.1, -0.05) is 0 Å². The Morgan fingerprint density at radius 3 is 0.568 bits per heavy atom. The van der Waals surface area contributed by atoms with E-state index in [4.69, 9.17) is 0 Å². The van der Waals surface area contributed by atoms with Crippen LogP contribution in [-0.4, -0.2) is 0 Å². The van der Waals surface area contributed by atoms with Crippen molar-refractivity contribution in [3.63, 3.8) is 0 Å². The van der Waals surface area contributed by atoms with Gasteiger partial charge < -0.3 is 0 Å². The first kappa shape index (κ1) is 30.8. The van der Waals surface area contributed by atoms with Crippen LogP contribution in [0.2, 0.25) is 0 Å². The van der Waals surface area contributed by atoms with Crippen molar-refractivity contribution in [2.45, 2.75) is 0 Å². The summed E-state index contributed by atoms with van der Waals surface area (Å²) in [6, 6.07) is 0. The van der Waals surface area contributed by atoms with Gasteiger partial charge in [-0.3, -0.25) is 0 Å². The molecule has 0 saturated heterocycles. The zero-order chi connectivity index (χ0) is 27.9. The maximum absolute atomic E-state index is 16.6. The topological polar surface area (TPSA) is 0 Å². The average Bonchev–Trinajstić information content (AvgIpc) is 3.56. The number of hydrogen-bond donors (Lipinski definition) is 4. The van der Waals surface area contributed by atoms with Crippen molar-refractivity contribution in [3.8, 4) is 0 Å². The molecule has 4 rings (SSSR count). The van der Waals surface area contributed by atoms with E-state index >= 15 is 50.4 Å². The number of hydrogen-bond acceptors (Lipinski definition) is 0. The van der Waals surface area contributed by atoms with Crippen molar-refractivity contribution < 1.29 is 63.9 Å². The third-order valence-electron chi connectivity index (χ3n) is 4.89. The Labute approximate surface area is 216 Å². The van der Waals surface area contributed by atoms with Crippen molar-refractivity contribution in [1.82, 2.24) is 0 Å². The molecule has 0 saturated carbocycles. The van der Waals surface area contributed by atoms with Gasteiger partial charge in [-0.2, -0.15) is 0 Å². The Morgan fingerprint density at radius 2 is 0.432 bits per heavy atom. The monoisotopic (exact) mass is 798 g/mol. The van der Waals surface area contributed by atoms with Crippen molar-refractivity contribution in [3.05, 3.63) is 91.9 Å². The summed E-state index contributed by atoms with van der Waals surface area (Å²) in [5.74, 6) is 0. The molecule has 0 nitrogen and oxygen atoms in total. The van der Waals surface area contributed by atoms with Gasteiger partial charge in [0, 0.05) is 0 Å². The number of allylic oxidation sites excluding steroid dienone is 8. The standard InChI is InChI=1S/4C4H5F3PS.Pd/c4*5-8(6,7)9-3-1-2-4-9;/h4*1-4,9H;/q4*+1;-4. The van der Waals surface area contributed by atoms with Crippen LogP contribution in [-0.2, 0) is 13.6 Å². The molecule has 0 aliphatic carbocycles. The summed E-state index contributed by atoms with van der Waals surface area (Å²) >= 11 is -10.4. The van der Waals surface area contributed by atoms with Crippen LogP contribution in [0.1, 0.15) is 0 Å². The fraction of sp³-hybridized carbons (Fsp3) is 0. The van der Waals surface area contributed by atoms with E-state index in [0.717, 1.165) is 0 Å². The predicted octanol–water partition coefficient (Wildman–Crippen LogP) is 14.5. The normalized spacial score (nSPS) is 29.9. The molecule has 0 unspecified atom stereocenters. The quantitative estimate of drug-likeness (QED) is 0.0800. The van der Waals surface area contributed by atoms with E-state index in [1.807, 2.05) is 0 Å². The van der Waals surface area contributed by atoms with Crippen LogP contribution >= 0.6 is 61.8 Å². The second kappa shape index (κ2) is 8.46. The van der Waals surface area contributed by atoms with Crippen LogP contribution in [0.4, 0.5) is 50.4 Å². The molecule has 0 radical (unpaired) electrons. The van der Waals surface area contributed by atoms with Crippen LogP contribution in [0.5, 0.6) is 0 Å². The third kappa shape index (κ3) is 3.78. The minimum atomic E-state index is -10.4. The zero-order valence-electron chi connectivity index (χ0n) is 17.7. The van der Waals surface area contributed by atoms with Gasteiger partial charge in [0.2, 0.25) is 0 Å². The summed E-state index contributed by atoms with van der Waals surface area (Å²) in [6.45, 7) is 0. The van der Waals surface area contributed by atoms with Crippen molar-refractivity contribution in [1.29, 1.82) is 0 Å². The molecular formula is C16H20F12P4PdS4. The molecule has 222 valence electrons. The number of thiol groups is 4. The first-order chi connectivity index (χ1) is 16.6. The van der Waals surface area contributed by atoms with Gasteiger partial charge in [-0.05, 0) is 0 Å². The fourth-order valence-corrected chi connectivity index (χ4v) is 207. The van der Waals surface area contributed by atoms with Gasteiger partial charge in [0.25, 0.3) is 0 Å². The van der Waals surface area contributed by atoms with E-state index in [-0.39, 0.29) is 43.3 Å². The van der Waals surface area contributed by atoms with E-state index in [1.54, 1.807) is 0 Å². The molecule has 37 heavy (non-hydrogen) atoms. The molecule has 0 atom stereocenters. The van der Waals surface area contributed by atoms with Crippen LogP contribution in [0.15, 0.2) is 91.9 Å². The Bertz CT molecular complexity index is 1030. The van der Waals surface area contributed by atoms with Gasteiger partial charge in [0.15, 0.2) is 0 Å². The van der Waals surface area contributed by atoms with Gasteiger partial charge in [-0.25, -0.2) is 0 Å². The Balaban J connectivity index is 2.35. The number of halogens is 12. The van der Waals surface area contributed by atoms with Crippen molar-refractivity contribution in [2.75, 3.05) is 0 Å². The summed E-state index contributed by atoms with van der Waals surface area (Å²) in [7, 11) is -17.7. The summed E-state index contributed by atoms with van der Waals surface area (Å²) in [6.07, 6.45) is 4.71. The van der Waals surface area contributed by atoms with Crippen LogP contribution in [0.25, 0.3) is 0 Å². The molecule has 0 aromatic heterocycles. The maximum atomic E-state index is 16.6. The second-order valence-electron chi connectivity index (χ2n) is 7.20.